The van der Waals surface area contributed by atoms with E-state index in [0.717, 1.165) is 43.0 Å². The normalized spacial score (nSPS) is 18.2. The van der Waals surface area contributed by atoms with E-state index < -0.39 is 6.10 Å². The first-order chi connectivity index (χ1) is 12.2. The van der Waals surface area contributed by atoms with Crippen molar-refractivity contribution in [1.29, 1.82) is 0 Å². The van der Waals surface area contributed by atoms with Gasteiger partial charge in [0.2, 0.25) is 0 Å². The minimum absolute atomic E-state index is 0.0991. The highest BCUT2D eigenvalue weighted by atomic mass is 16.5. The third kappa shape index (κ3) is 4.46. The number of anilines is 1. The number of benzene rings is 1. The standard InChI is InChI=1S/C19H26N4O2/c1-3-4-9-23-10-8-20-18(23)15-6-5-7-16(13-15)21-19(24)17-14-22(2)11-12-25-17/h5-8,10,13,17H,3-4,9,11-12,14H2,1-2H3,(H,21,24). The van der Waals surface area contributed by atoms with Crippen molar-refractivity contribution in [1.82, 2.24) is 14.5 Å². The van der Waals surface area contributed by atoms with Crippen LogP contribution >= 0.6 is 0 Å². The number of carbonyl (C=O) groups is 1. The number of likely N-dealkylation sites (N-methyl/N-ethyl adjacent to an activating group) is 1. The van der Waals surface area contributed by atoms with E-state index in [0.29, 0.717) is 13.2 Å². The van der Waals surface area contributed by atoms with E-state index >= 15 is 0 Å². The van der Waals surface area contributed by atoms with Crippen LogP contribution in [0.4, 0.5) is 5.69 Å². The fourth-order valence-electron chi connectivity index (χ4n) is 2.97. The van der Waals surface area contributed by atoms with E-state index in [1.165, 1.54) is 0 Å². The van der Waals surface area contributed by atoms with Gasteiger partial charge in [0.15, 0.2) is 0 Å². The Labute approximate surface area is 148 Å². The summed E-state index contributed by atoms with van der Waals surface area (Å²) in [5.74, 6) is 0.830. The third-order valence-corrected chi connectivity index (χ3v) is 4.42. The van der Waals surface area contributed by atoms with E-state index in [4.69, 9.17) is 4.74 Å². The summed E-state index contributed by atoms with van der Waals surface area (Å²) in [6, 6.07) is 7.82. The van der Waals surface area contributed by atoms with E-state index in [9.17, 15) is 4.79 Å². The molecule has 0 spiro atoms. The van der Waals surface area contributed by atoms with Crippen LogP contribution in [0.2, 0.25) is 0 Å². The van der Waals surface area contributed by atoms with E-state index in [1.807, 2.05) is 43.7 Å². The average molecular weight is 342 g/mol. The number of hydrogen-bond donors (Lipinski definition) is 1. The van der Waals surface area contributed by atoms with Crippen molar-refractivity contribution in [2.45, 2.75) is 32.4 Å². The van der Waals surface area contributed by atoms with Crippen LogP contribution in [-0.4, -0.2) is 53.2 Å². The molecule has 3 rings (SSSR count). The van der Waals surface area contributed by atoms with Crippen molar-refractivity contribution < 1.29 is 9.53 Å². The Morgan fingerprint density at radius 3 is 3.12 bits per heavy atom. The number of nitrogens with one attached hydrogen (secondary N) is 1. The number of amides is 1. The molecule has 134 valence electrons. The largest absolute Gasteiger partial charge is 0.366 e. The summed E-state index contributed by atoms with van der Waals surface area (Å²) >= 11 is 0. The highest BCUT2D eigenvalue weighted by Gasteiger charge is 2.24. The number of nitrogens with zero attached hydrogens (tertiary/aromatic N) is 3. The third-order valence-electron chi connectivity index (χ3n) is 4.42. The molecule has 0 radical (unpaired) electrons. The van der Waals surface area contributed by atoms with Crippen LogP contribution in [0.25, 0.3) is 11.4 Å². The number of unbranched alkanes of at least 4 members (excludes halogenated alkanes) is 1. The van der Waals surface area contributed by atoms with Crippen LogP contribution in [0.15, 0.2) is 36.7 Å². The van der Waals surface area contributed by atoms with Gasteiger partial charge in [-0.3, -0.25) is 4.79 Å². The molecular formula is C19H26N4O2. The maximum atomic E-state index is 12.4. The fraction of sp³-hybridized carbons (Fsp3) is 0.474. The zero-order valence-electron chi connectivity index (χ0n) is 14.9. The van der Waals surface area contributed by atoms with Gasteiger partial charge < -0.3 is 19.5 Å². The Bertz CT molecular complexity index is 713. The Morgan fingerprint density at radius 2 is 2.32 bits per heavy atom. The molecule has 2 heterocycles. The van der Waals surface area contributed by atoms with Gasteiger partial charge in [-0.15, -0.1) is 0 Å². The molecule has 0 aliphatic carbocycles. The van der Waals surface area contributed by atoms with E-state index in [2.05, 4.69) is 26.7 Å². The second-order valence-electron chi connectivity index (χ2n) is 6.49. The van der Waals surface area contributed by atoms with Gasteiger partial charge in [-0.05, 0) is 25.6 Å². The van der Waals surface area contributed by atoms with Crippen LogP contribution in [0.5, 0.6) is 0 Å². The number of ether oxygens (including phenoxy) is 1. The highest BCUT2D eigenvalue weighted by Crippen LogP contribution is 2.22. The Morgan fingerprint density at radius 1 is 1.44 bits per heavy atom. The molecule has 25 heavy (non-hydrogen) atoms. The van der Waals surface area contributed by atoms with Crippen LogP contribution < -0.4 is 5.32 Å². The van der Waals surface area contributed by atoms with Gasteiger partial charge >= 0.3 is 0 Å². The van der Waals surface area contributed by atoms with Crippen molar-refractivity contribution in [3.05, 3.63) is 36.7 Å². The number of aryl methyl sites for hydroxylation is 1. The predicted octanol–water partition coefficient (Wildman–Crippen LogP) is 2.62. The number of morpholine rings is 1. The fourth-order valence-corrected chi connectivity index (χ4v) is 2.97. The minimum Gasteiger partial charge on any atom is -0.366 e. The number of imidazole rings is 1. The molecule has 1 saturated heterocycles. The second kappa shape index (κ2) is 8.27. The van der Waals surface area contributed by atoms with E-state index in [-0.39, 0.29) is 5.91 Å². The molecule has 1 unspecified atom stereocenters. The molecule has 2 aromatic rings. The SMILES string of the molecule is CCCCn1ccnc1-c1cccc(NC(=O)C2CN(C)CCO2)c1. The molecule has 0 bridgehead atoms. The Hall–Kier alpha value is -2.18. The summed E-state index contributed by atoms with van der Waals surface area (Å²) in [4.78, 5) is 19.0. The molecule has 1 aromatic heterocycles. The molecule has 6 heteroatoms. The van der Waals surface area contributed by atoms with Gasteiger partial charge in [0, 0.05) is 43.3 Å². The van der Waals surface area contributed by atoms with Gasteiger partial charge in [0.05, 0.1) is 6.61 Å². The molecular weight excluding hydrogens is 316 g/mol. The zero-order chi connectivity index (χ0) is 17.6. The lowest BCUT2D eigenvalue weighted by Gasteiger charge is -2.29. The van der Waals surface area contributed by atoms with Crippen LogP contribution in [-0.2, 0) is 16.1 Å². The molecule has 0 saturated carbocycles. The summed E-state index contributed by atoms with van der Waals surface area (Å²) in [7, 11) is 2.00. The number of carbonyl (C=O) groups excluding carboxylic acids is 1. The zero-order valence-corrected chi connectivity index (χ0v) is 14.9. The van der Waals surface area contributed by atoms with Crippen LogP contribution in [0.1, 0.15) is 19.8 Å². The van der Waals surface area contributed by atoms with Gasteiger partial charge in [0.25, 0.3) is 5.91 Å². The first-order valence-corrected chi connectivity index (χ1v) is 8.90. The second-order valence-corrected chi connectivity index (χ2v) is 6.49. The summed E-state index contributed by atoms with van der Waals surface area (Å²) < 4.78 is 7.73. The van der Waals surface area contributed by atoms with Gasteiger partial charge in [-0.2, -0.15) is 0 Å². The quantitative estimate of drug-likeness (QED) is 0.877. The molecule has 1 aliphatic heterocycles. The first kappa shape index (κ1) is 17.6. The van der Waals surface area contributed by atoms with E-state index in [1.54, 1.807) is 0 Å². The lowest BCUT2D eigenvalue weighted by Crippen LogP contribution is -2.46. The molecule has 1 aromatic carbocycles. The Balaban J connectivity index is 1.71. The summed E-state index contributed by atoms with van der Waals surface area (Å²) in [5.41, 5.74) is 1.77. The van der Waals surface area contributed by atoms with Gasteiger partial charge in [0.1, 0.15) is 11.9 Å². The smallest absolute Gasteiger partial charge is 0.254 e. The van der Waals surface area contributed by atoms with Crippen molar-refractivity contribution in [3.8, 4) is 11.4 Å². The molecule has 1 N–H and O–H groups in total. The predicted molar refractivity (Wildman–Crippen MR) is 98.4 cm³/mol. The lowest BCUT2D eigenvalue weighted by atomic mass is 10.1. The highest BCUT2D eigenvalue weighted by molar-refractivity contribution is 5.94. The van der Waals surface area contributed by atoms with Crippen molar-refractivity contribution in [2.24, 2.45) is 0 Å². The monoisotopic (exact) mass is 342 g/mol. The molecule has 1 fully saturated rings. The van der Waals surface area contributed by atoms with Crippen molar-refractivity contribution in [2.75, 3.05) is 32.1 Å². The average Bonchev–Trinajstić information content (AvgIpc) is 3.08. The topological polar surface area (TPSA) is 59.4 Å². The first-order valence-electron chi connectivity index (χ1n) is 8.90. The maximum Gasteiger partial charge on any atom is 0.254 e. The van der Waals surface area contributed by atoms with Gasteiger partial charge in [-0.25, -0.2) is 4.98 Å². The van der Waals surface area contributed by atoms with Crippen LogP contribution in [0, 0.1) is 0 Å². The van der Waals surface area contributed by atoms with Crippen molar-refractivity contribution in [3.63, 3.8) is 0 Å². The summed E-state index contributed by atoms with van der Waals surface area (Å²) in [6.45, 7) is 5.19. The molecule has 1 amide bonds. The Kier molecular flexibility index (Phi) is 5.83. The number of hydrogen-bond acceptors (Lipinski definition) is 4. The molecule has 6 nitrogen and oxygen atoms in total. The van der Waals surface area contributed by atoms with Gasteiger partial charge in [-0.1, -0.05) is 25.5 Å². The van der Waals surface area contributed by atoms with Crippen LogP contribution in [0.3, 0.4) is 0 Å². The summed E-state index contributed by atoms with van der Waals surface area (Å²) in [6.07, 6.45) is 5.66. The summed E-state index contributed by atoms with van der Waals surface area (Å²) in [5, 5.41) is 2.97. The van der Waals surface area contributed by atoms with Crippen molar-refractivity contribution >= 4 is 11.6 Å². The number of aromatic nitrogens is 2. The minimum atomic E-state index is -0.422. The maximum absolute atomic E-state index is 12.4. The molecule has 1 aliphatic rings. The lowest BCUT2D eigenvalue weighted by molar-refractivity contribution is -0.132. The number of rotatable bonds is 6. The molecule has 1 atom stereocenters.